The van der Waals surface area contributed by atoms with Crippen LogP contribution >= 0.6 is 0 Å². The lowest BCUT2D eigenvalue weighted by atomic mass is 9.90. The number of fused-ring (bicyclic) bond motifs is 2. The molecular weight excluding hydrogens is 492 g/mol. The number of carbonyl (C=O) groups is 3. The van der Waals surface area contributed by atoms with E-state index < -0.39 is 37.0 Å². The molecule has 0 saturated carbocycles. The Bertz CT molecular complexity index is 1160. The van der Waals surface area contributed by atoms with Crippen LogP contribution < -0.4 is 21.3 Å². The number of rotatable bonds is 8. The number of hydrogen-bond acceptors (Lipinski definition) is 7. The first-order chi connectivity index (χ1) is 18.3. The summed E-state index contributed by atoms with van der Waals surface area (Å²) in [5, 5.41) is 49.2. The second kappa shape index (κ2) is 10.2. The molecule has 8 N–H and O–H groups in total. The number of amides is 3. The second-order valence-corrected chi connectivity index (χ2v) is 10.4. The maximum atomic E-state index is 13.1. The highest BCUT2D eigenvalue weighted by atomic mass is 16.3. The zero-order valence-corrected chi connectivity index (χ0v) is 21.0. The summed E-state index contributed by atoms with van der Waals surface area (Å²) in [6.45, 7) is -1.02. The second-order valence-electron chi connectivity index (χ2n) is 10.4. The van der Waals surface area contributed by atoms with Crippen LogP contribution in [0.4, 0.5) is 0 Å². The van der Waals surface area contributed by atoms with Crippen molar-refractivity contribution in [2.75, 3.05) is 26.3 Å². The molecule has 13 heteroatoms. The number of guanidine groups is 2. The summed E-state index contributed by atoms with van der Waals surface area (Å²) in [5.41, 5.74) is 1.53. The van der Waals surface area contributed by atoms with Crippen molar-refractivity contribution < 1.29 is 24.6 Å². The Balaban J connectivity index is 1.33. The van der Waals surface area contributed by atoms with Gasteiger partial charge in [0.1, 0.15) is 0 Å². The van der Waals surface area contributed by atoms with E-state index in [2.05, 4.69) is 21.3 Å². The molecule has 0 bridgehead atoms. The third-order valence-electron chi connectivity index (χ3n) is 7.98. The molecule has 13 nitrogen and oxygen atoms in total. The van der Waals surface area contributed by atoms with Gasteiger partial charge in [-0.1, -0.05) is 6.07 Å². The van der Waals surface area contributed by atoms with Crippen LogP contribution in [0, 0.1) is 10.8 Å². The van der Waals surface area contributed by atoms with Crippen molar-refractivity contribution in [2.24, 2.45) is 0 Å². The summed E-state index contributed by atoms with van der Waals surface area (Å²) >= 11 is 0. The summed E-state index contributed by atoms with van der Waals surface area (Å²) in [4.78, 5) is 40.1. The molecule has 4 unspecified atom stereocenters. The molecule has 0 spiro atoms. The molecular formula is C25H34N8O5. The van der Waals surface area contributed by atoms with E-state index in [-0.39, 0.29) is 55.6 Å². The lowest BCUT2D eigenvalue weighted by molar-refractivity contribution is -0.139. The Morgan fingerprint density at radius 1 is 1.08 bits per heavy atom. The third-order valence-corrected chi connectivity index (χ3v) is 7.98. The zero-order chi connectivity index (χ0) is 27.0. The van der Waals surface area contributed by atoms with Gasteiger partial charge >= 0.3 is 0 Å². The van der Waals surface area contributed by atoms with Crippen LogP contribution in [0.1, 0.15) is 47.2 Å². The van der Waals surface area contributed by atoms with E-state index in [1.165, 1.54) is 10.5 Å². The van der Waals surface area contributed by atoms with Crippen molar-refractivity contribution in [2.45, 2.75) is 62.3 Å². The van der Waals surface area contributed by atoms with Gasteiger partial charge in [0.05, 0.1) is 37.9 Å². The zero-order valence-electron chi connectivity index (χ0n) is 21.0. The van der Waals surface area contributed by atoms with Gasteiger partial charge in [-0.2, -0.15) is 0 Å². The van der Waals surface area contributed by atoms with E-state index >= 15 is 0 Å². The van der Waals surface area contributed by atoms with Gasteiger partial charge in [0.2, 0.25) is 11.8 Å². The standard InChI is InChI=1S/C25H34N8O5/c26-23-30-21-18(11-32-19(36)7-8-20(32)37)29-24(27)33(25(21,13-35)31-23)10-17(12-34)28-22(38)16-6-5-14-3-1-2-4-15(14)9-16/h5-6,9,17-18,21,34-35H,1-4,7-8,10-13H2,(H2,27,29)(H,28,38)(H3,26,30,31). The van der Waals surface area contributed by atoms with Crippen LogP contribution in [0.3, 0.4) is 0 Å². The Morgan fingerprint density at radius 3 is 2.47 bits per heavy atom. The monoisotopic (exact) mass is 526 g/mol. The van der Waals surface area contributed by atoms with Gasteiger partial charge in [0.25, 0.3) is 5.91 Å². The largest absolute Gasteiger partial charge is 0.394 e. The molecule has 4 atom stereocenters. The lowest BCUT2D eigenvalue weighted by Gasteiger charge is -2.52. The molecule has 38 heavy (non-hydrogen) atoms. The van der Waals surface area contributed by atoms with E-state index in [0.29, 0.717) is 5.56 Å². The molecule has 5 rings (SSSR count). The highest BCUT2D eigenvalue weighted by molar-refractivity contribution is 6.02. The topological polar surface area (TPSA) is 194 Å². The van der Waals surface area contributed by atoms with Crippen molar-refractivity contribution in [3.05, 3.63) is 34.9 Å². The van der Waals surface area contributed by atoms with Gasteiger partial charge < -0.3 is 36.4 Å². The molecule has 3 amide bonds. The van der Waals surface area contributed by atoms with Gasteiger partial charge in [-0.15, -0.1) is 0 Å². The predicted octanol–water partition coefficient (Wildman–Crippen LogP) is -1.80. The first-order valence-corrected chi connectivity index (χ1v) is 13.0. The van der Waals surface area contributed by atoms with Crippen molar-refractivity contribution in [1.82, 2.24) is 31.1 Å². The van der Waals surface area contributed by atoms with Crippen LogP contribution in [-0.4, -0.2) is 99.7 Å². The molecule has 4 aliphatic rings. The van der Waals surface area contributed by atoms with Crippen molar-refractivity contribution in [1.29, 1.82) is 10.8 Å². The number of likely N-dealkylation sites (tertiary alicyclic amines) is 1. The molecule has 3 heterocycles. The molecule has 1 aromatic rings. The Kier molecular flexibility index (Phi) is 6.97. The lowest BCUT2D eigenvalue weighted by Crippen LogP contribution is -2.79. The SMILES string of the molecule is N=C1NC2C(CN3C(=O)CCC3=O)NC(=N)N(CC(CO)NC(=O)c3ccc4c(c3)CCCC4)C2(CO)N1. The van der Waals surface area contributed by atoms with Gasteiger partial charge in [-0.25, -0.2) is 0 Å². The van der Waals surface area contributed by atoms with Crippen molar-refractivity contribution >= 4 is 29.6 Å². The molecule has 0 aromatic heterocycles. The Labute approximate surface area is 220 Å². The van der Waals surface area contributed by atoms with Gasteiger partial charge in [0.15, 0.2) is 17.6 Å². The number of carbonyl (C=O) groups excluding carboxylic acids is 3. The van der Waals surface area contributed by atoms with Gasteiger partial charge in [-0.3, -0.25) is 30.1 Å². The number of nitrogens with zero attached hydrogens (tertiary/aromatic N) is 2. The summed E-state index contributed by atoms with van der Waals surface area (Å²) in [6.07, 6.45) is 4.42. The van der Waals surface area contributed by atoms with Crippen LogP contribution in [0.5, 0.6) is 0 Å². The Morgan fingerprint density at radius 2 is 1.79 bits per heavy atom. The summed E-state index contributed by atoms with van der Waals surface area (Å²) < 4.78 is 0. The van der Waals surface area contributed by atoms with E-state index in [1.54, 1.807) is 6.07 Å². The van der Waals surface area contributed by atoms with Crippen molar-refractivity contribution in [3.63, 3.8) is 0 Å². The van der Waals surface area contributed by atoms with E-state index in [1.807, 2.05) is 12.1 Å². The molecule has 3 aliphatic heterocycles. The van der Waals surface area contributed by atoms with Crippen LogP contribution in [0.2, 0.25) is 0 Å². The number of aliphatic hydroxyl groups is 2. The quantitative estimate of drug-likeness (QED) is 0.180. The van der Waals surface area contributed by atoms with E-state index in [0.717, 1.165) is 36.1 Å². The van der Waals surface area contributed by atoms with E-state index in [4.69, 9.17) is 10.8 Å². The van der Waals surface area contributed by atoms with Crippen LogP contribution in [0.25, 0.3) is 0 Å². The Hall–Kier alpha value is -3.71. The fraction of sp³-hybridized carbons (Fsp3) is 0.560. The molecule has 3 saturated heterocycles. The van der Waals surface area contributed by atoms with Crippen molar-refractivity contribution in [3.8, 4) is 0 Å². The summed E-state index contributed by atoms with van der Waals surface area (Å²) in [6, 6.07) is 3.49. The summed E-state index contributed by atoms with van der Waals surface area (Å²) in [7, 11) is 0. The van der Waals surface area contributed by atoms with Crippen LogP contribution in [-0.2, 0) is 22.4 Å². The number of aryl methyl sites for hydroxylation is 2. The molecule has 3 fully saturated rings. The molecule has 1 aromatic carbocycles. The first kappa shape index (κ1) is 25.9. The average molecular weight is 527 g/mol. The third kappa shape index (κ3) is 4.56. The molecule has 0 radical (unpaired) electrons. The number of benzene rings is 1. The number of imide groups is 1. The smallest absolute Gasteiger partial charge is 0.251 e. The highest BCUT2D eigenvalue weighted by Crippen LogP contribution is 2.29. The summed E-state index contributed by atoms with van der Waals surface area (Å²) in [5.74, 6) is -1.17. The number of aliphatic hydroxyl groups excluding tert-OH is 2. The normalized spacial score (nSPS) is 27.3. The maximum Gasteiger partial charge on any atom is 0.251 e. The molecule has 1 aliphatic carbocycles. The fourth-order valence-corrected chi connectivity index (χ4v) is 5.97. The minimum atomic E-state index is -1.38. The van der Waals surface area contributed by atoms with Gasteiger partial charge in [0, 0.05) is 24.9 Å². The number of nitrogens with one attached hydrogen (secondary N) is 6. The minimum Gasteiger partial charge on any atom is -0.394 e. The maximum absolute atomic E-state index is 13.1. The van der Waals surface area contributed by atoms with Gasteiger partial charge in [-0.05, 0) is 48.9 Å². The molecule has 204 valence electrons. The number of hydrogen-bond donors (Lipinski definition) is 8. The predicted molar refractivity (Wildman–Crippen MR) is 136 cm³/mol. The van der Waals surface area contributed by atoms with E-state index in [9.17, 15) is 24.6 Å². The highest BCUT2D eigenvalue weighted by Gasteiger charge is 2.58. The minimum absolute atomic E-state index is 0.0270. The first-order valence-electron chi connectivity index (χ1n) is 13.0. The average Bonchev–Trinajstić information content (AvgIpc) is 3.43. The van der Waals surface area contributed by atoms with Crippen LogP contribution in [0.15, 0.2) is 18.2 Å². The fourth-order valence-electron chi connectivity index (χ4n) is 5.97.